The molecule has 158 valence electrons. The van der Waals surface area contributed by atoms with Gasteiger partial charge < -0.3 is 4.74 Å². The van der Waals surface area contributed by atoms with Gasteiger partial charge in [-0.05, 0) is 80.9 Å². The Hall–Kier alpha value is -3.52. The van der Waals surface area contributed by atoms with E-state index >= 15 is 0 Å². The highest BCUT2D eigenvalue weighted by atomic mass is 127. The van der Waals surface area contributed by atoms with E-state index in [4.69, 9.17) is 4.74 Å². The number of benzene rings is 4. The highest BCUT2D eigenvalue weighted by Gasteiger charge is 2.11. The lowest BCUT2D eigenvalue weighted by Crippen LogP contribution is -2.19. The van der Waals surface area contributed by atoms with E-state index in [0.29, 0.717) is 11.3 Å². The lowest BCUT2D eigenvalue weighted by Gasteiger charge is -2.06. The van der Waals surface area contributed by atoms with Crippen molar-refractivity contribution in [3.8, 4) is 5.75 Å². The van der Waals surface area contributed by atoms with Gasteiger partial charge in [0, 0.05) is 3.57 Å². The number of ether oxygens (including phenoxy) is 1. The monoisotopic (exact) mass is 534 g/mol. The highest BCUT2D eigenvalue weighted by molar-refractivity contribution is 14.1. The molecule has 4 rings (SSSR count). The summed E-state index contributed by atoms with van der Waals surface area (Å²) in [4.78, 5) is 24.6. The molecule has 0 saturated heterocycles. The lowest BCUT2D eigenvalue weighted by molar-refractivity contribution is -0.120. The first kappa shape index (κ1) is 21.7. The van der Waals surface area contributed by atoms with Crippen molar-refractivity contribution < 1.29 is 14.3 Å². The SMILES string of the molecule is O=C(Cc1cccc2ccccc12)NN=Cc1ccc(OC(=O)c2ccccc2I)cc1. The molecule has 0 heterocycles. The molecular weight excluding hydrogens is 515 g/mol. The molecule has 32 heavy (non-hydrogen) atoms. The quantitative estimate of drug-likeness (QED) is 0.119. The Morgan fingerprint density at radius 2 is 1.59 bits per heavy atom. The van der Waals surface area contributed by atoms with Crippen LogP contribution >= 0.6 is 22.6 Å². The minimum Gasteiger partial charge on any atom is -0.423 e. The largest absolute Gasteiger partial charge is 0.423 e. The lowest BCUT2D eigenvalue weighted by atomic mass is 10.0. The smallest absolute Gasteiger partial charge is 0.344 e. The number of amides is 1. The maximum absolute atomic E-state index is 12.3. The van der Waals surface area contributed by atoms with Gasteiger partial charge in [-0.1, -0.05) is 54.6 Å². The summed E-state index contributed by atoms with van der Waals surface area (Å²) in [7, 11) is 0. The van der Waals surface area contributed by atoms with Crippen molar-refractivity contribution in [1.82, 2.24) is 5.43 Å². The second kappa shape index (κ2) is 10.2. The number of carbonyl (C=O) groups is 2. The van der Waals surface area contributed by atoms with Gasteiger partial charge in [0.25, 0.3) is 0 Å². The van der Waals surface area contributed by atoms with Crippen molar-refractivity contribution in [3.63, 3.8) is 0 Å². The number of nitrogens with one attached hydrogen (secondary N) is 1. The third-order valence-corrected chi connectivity index (χ3v) is 5.76. The molecule has 0 atom stereocenters. The fourth-order valence-corrected chi connectivity index (χ4v) is 3.86. The molecule has 0 aliphatic carbocycles. The predicted octanol–water partition coefficient (Wildman–Crippen LogP) is 5.36. The van der Waals surface area contributed by atoms with Gasteiger partial charge in [-0.25, -0.2) is 10.2 Å². The molecule has 0 aliphatic rings. The van der Waals surface area contributed by atoms with Crippen molar-refractivity contribution in [1.29, 1.82) is 0 Å². The second-order valence-corrected chi connectivity index (χ2v) is 8.21. The van der Waals surface area contributed by atoms with Crippen LogP contribution in [0.1, 0.15) is 21.5 Å². The van der Waals surface area contributed by atoms with Crippen molar-refractivity contribution in [2.24, 2.45) is 5.10 Å². The van der Waals surface area contributed by atoms with E-state index in [2.05, 4.69) is 33.1 Å². The van der Waals surface area contributed by atoms with Crippen LogP contribution in [0.5, 0.6) is 5.75 Å². The molecule has 0 fully saturated rings. The molecule has 6 heteroatoms. The molecule has 4 aromatic carbocycles. The normalized spacial score (nSPS) is 10.9. The average molecular weight is 534 g/mol. The molecule has 0 radical (unpaired) electrons. The Morgan fingerprint density at radius 1 is 0.875 bits per heavy atom. The van der Waals surface area contributed by atoms with Crippen molar-refractivity contribution >= 4 is 51.5 Å². The van der Waals surface area contributed by atoms with E-state index in [1.54, 1.807) is 42.6 Å². The number of carbonyl (C=O) groups excluding carboxylic acids is 2. The van der Waals surface area contributed by atoms with Gasteiger partial charge in [-0.3, -0.25) is 4.79 Å². The van der Waals surface area contributed by atoms with Crippen molar-refractivity contribution in [2.45, 2.75) is 6.42 Å². The third kappa shape index (κ3) is 5.39. The van der Waals surface area contributed by atoms with E-state index in [0.717, 1.165) is 25.5 Å². The molecular formula is C26H19IN2O3. The van der Waals surface area contributed by atoms with Crippen molar-refractivity contribution in [2.75, 3.05) is 0 Å². The summed E-state index contributed by atoms with van der Waals surface area (Å²) in [5, 5.41) is 6.19. The summed E-state index contributed by atoms with van der Waals surface area (Å²) < 4.78 is 6.25. The minimum atomic E-state index is -0.405. The molecule has 0 unspecified atom stereocenters. The summed E-state index contributed by atoms with van der Waals surface area (Å²) >= 11 is 2.10. The standard InChI is InChI=1S/C26H19IN2O3/c27-24-11-4-3-10-23(24)26(31)32-21-14-12-18(13-15-21)17-28-29-25(30)16-20-8-5-7-19-6-1-2-9-22(19)20/h1-15,17H,16H2,(H,29,30). The van der Waals surface area contributed by atoms with Gasteiger partial charge in [0.2, 0.25) is 5.91 Å². The molecule has 5 nitrogen and oxygen atoms in total. The van der Waals surface area contributed by atoms with Gasteiger partial charge in [-0.15, -0.1) is 0 Å². The first-order valence-electron chi connectivity index (χ1n) is 9.95. The molecule has 0 spiro atoms. The summed E-state index contributed by atoms with van der Waals surface area (Å²) in [6.45, 7) is 0. The average Bonchev–Trinajstić information content (AvgIpc) is 2.81. The second-order valence-electron chi connectivity index (χ2n) is 7.05. The van der Waals surface area contributed by atoms with E-state index in [9.17, 15) is 9.59 Å². The first-order chi connectivity index (χ1) is 15.6. The number of hydrogen-bond donors (Lipinski definition) is 1. The number of hydrazone groups is 1. The maximum atomic E-state index is 12.3. The Balaban J connectivity index is 1.33. The van der Waals surface area contributed by atoms with E-state index in [-0.39, 0.29) is 12.3 Å². The Kier molecular flexibility index (Phi) is 6.91. The van der Waals surface area contributed by atoms with Gasteiger partial charge in [0.05, 0.1) is 18.2 Å². The highest BCUT2D eigenvalue weighted by Crippen LogP contribution is 2.19. The first-order valence-corrected chi connectivity index (χ1v) is 11.0. The van der Waals surface area contributed by atoms with Crippen LogP contribution < -0.4 is 10.2 Å². The summed E-state index contributed by atoms with van der Waals surface area (Å²) in [5.74, 6) is -0.162. The van der Waals surface area contributed by atoms with Gasteiger partial charge in [0.1, 0.15) is 5.75 Å². The van der Waals surface area contributed by atoms with Crippen molar-refractivity contribution in [3.05, 3.63) is 111 Å². The Labute approximate surface area is 199 Å². The molecule has 0 aromatic heterocycles. The van der Waals surface area contributed by atoms with E-state index < -0.39 is 5.97 Å². The molecule has 0 aliphatic heterocycles. The maximum Gasteiger partial charge on any atom is 0.344 e. The Bertz CT molecular complexity index is 1290. The Morgan fingerprint density at radius 3 is 2.41 bits per heavy atom. The molecule has 0 bridgehead atoms. The molecule has 1 N–H and O–H groups in total. The summed E-state index contributed by atoms with van der Waals surface area (Å²) in [6.07, 6.45) is 1.79. The molecule has 4 aromatic rings. The van der Waals surface area contributed by atoms with E-state index in [1.165, 1.54) is 0 Å². The van der Waals surface area contributed by atoms with Gasteiger partial charge in [-0.2, -0.15) is 5.10 Å². The van der Waals surface area contributed by atoms with Crippen LogP contribution in [-0.2, 0) is 11.2 Å². The topological polar surface area (TPSA) is 67.8 Å². The summed E-state index contributed by atoms with van der Waals surface area (Å²) in [6, 6.07) is 28.0. The van der Waals surface area contributed by atoms with Crippen LogP contribution in [0.4, 0.5) is 0 Å². The summed E-state index contributed by atoms with van der Waals surface area (Å²) in [5.41, 5.74) is 4.81. The molecule has 1 amide bonds. The third-order valence-electron chi connectivity index (χ3n) is 4.82. The molecule has 0 saturated carbocycles. The van der Waals surface area contributed by atoms with Crippen LogP contribution in [0.15, 0.2) is 96.1 Å². The number of fused-ring (bicyclic) bond motifs is 1. The zero-order chi connectivity index (χ0) is 22.3. The van der Waals surface area contributed by atoms with Gasteiger partial charge in [0.15, 0.2) is 0 Å². The van der Waals surface area contributed by atoms with Crippen LogP contribution in [0.3, 0.4) is 0 Å². The number of esters is 1. The van der Waals surface area contributed by atoms with Crippen LogP contribution in [0.2, 0.25) is 0 Å². The number of hydrogen-bond acceptors (Lipinski definition) is 4. The minimum absolute atomic E-state index is 0.194. The van der Waals surface area contributed by atoms with Crippen LogP contribution in [0, 0.1) is 3.57 Å². The zero-order valence-corrected chi connectivity index (χ0v) is 19.2. The number of halogens is 1. The van der Waals surface area contributed by atoms with Crippen LogP contribution in [-0.4, -0.2) is 18.1 Å². The van der Waals surface area contributed by atoms with Crippen LogP contribution in [0.25, 0.3) is 10.8 Å². The number of rotatable bonds is 6. The fourth-order valence-electron chi connectivity index (χ4n) is 3.25. The van der Waals surface area contributed by atoms with E-state index in [1.807, 2.05) is 54.6 Å². The fraction of sp³-hybridized carbons (Fsp3) is 0.0385. The predicted molar refractivity (Wildman–Crippen MR) is 134 cm³/mol. The zero-order valence-electron chi connectivity index (χ0n) is 17.0. The number of nitrogens with zero attached hydrogens (tertiary/aromatic N) is 1. The van der Waals surface area contributed by atoms with Gasteiger partial charge >= 0.3 is 5.97 Å².